The van der Waals surface area contributed by atoms with Crippen molar-refractivity contribution in [2.45, 2.75) is 0 Å². The monoisotopic (exact) mass is 173 g/mol. The van der Waals surface area contributed by atoms with Crippen molar-refractivity contribution in [3.63, 3.8) is 0 Å². The first kappa shape index (κ1) is 9.21. The molecule has 0 aliphatic rings. The summed E-state index contributed by atoms with van der Waals surface area (Å²) in [6.07, 6.45) is 1.46. The van der Waals surface area contributed by atoms with E-state index in [0.717, 1.165) is 0 Å². The van der Waals surface area contributed by atoms with Crippen LogP contribution in [0.25, 0.3) is 5.57 Å². The molecule has 0 aliphatic carbocycles. The van der Waals surface area contributed by atoms with E-state index in [4.69, 9.17) is 5.26 Å². The Balaban J connectivity index is 3.33. The maximum atomic E-state index is 13.4. The van der Waals surface area contributed by atoms with Gasteiger partial charge in [0.25, 0.3) is 0 Å². The second-order valence-corrected chi connectivity index (χ2v) is 2.51. The Labute approximate surface area is 76.4 Å². The molecule has 0 bridgehead atoms. The Morgan fingerprint density at radius 3 is 2.77 bits per heavy atom. The van der Waals surface area contributed by atoms with E-state index in [9.17, 15) is 4.39 Å². The summed E-state index contributed by atoms with van der Waals surface area (Å²) < 4.78 is 13.4. The van der Waals surface area contributed by atoms with Gasteiger partial charge in [0.1, 0.15) is 11.9 Å². The van der Waals surface area contributed by atoms with Crippen LogP contribution in [0.3, 0.4) is 0 Å². The SMILES string of the molecule is C=CC(=C)c1cccc(C#N)c1F. The maximum absolute atomic E-state index is 13.4. The average Bonchev–Trinajstić information content (AvgIpc) is 2.17. The van der Waals surface area contributed by atoms with Crippen molar-refractivity contribution in [1.82, 2.24) is 0 Å². The van der Waals surface area contributed by atoms with Gasteiger partial charge in [-0.15, -0.1) is 0 Å². The molecule has 0 heterocycles. The maximum Gasteiger partial charge on any atom is 0.148 e. The van der Waals surface area contributed by atoms with Gasteiger partial charge in [0.05, 0.1) is 5.56 Å². The molecule has 0 unspecified atom stereocenters. The summed E-state index contributed by atoms with van der Waals surface area (Å²) in [6, 6.07) is 6.38. The van der Waals surface area contributed by atoms with E-state index in [1.165, 1.54) is 12.1 Å². The molecule has 1 aromatic rings. The molecular formula is C11H8FN. The number of rotatable bonds is 2. The molecule has 0 amide bonds. The van der Waals surface area contributed by atoms with Crippen LogP contribution in [0.5, 0.6) is 0 Å². The third-order valence-electron chi connectivity index (χ3n) is 1.71. The molecule has 0 radical (unpaired) electrons. The smallest absolute Gasteiger partial charge is 0.148 e. The van der Waals surface area contributed by atoms with E-state index in [-0.39, 0.29) is 5.56 Å². The van der Waals surface area contributed by atoms with Crippen molar-refractivity contribution < 1.29 is 4.39 Å². The summed E-state index contributed by atoms with van der Waals surface area (Å²) in [7, 11) is 0. The van der Waals surface area contributed by atoms with Crippen LogP contribution in [0, 0.1) is 17.1 Å². The number of allylic oxidation sites excluding steroid dienone is 2. The van der Waals surface area contributed by atoms with Crippen LogP contribution >= 0.6 is 0 Å². The summed E-state index contributed by atoms with van der Waals surface area (Å²) in [4.78, 5) is 0. The van der Waals surface area contributed by atoms with Crippen LogP contribution in [-0.2, 0) is 0 Å². The Hall–Kier alpha value is -1.88. The van der Waals surface area contributed by atoms with Gasteiger partial charge in [-0.3, -0.25) is 0 Å². The molecule has 0 spiro atoms. The minimum Gasteiger partial charge on any atom is -0.205 e. The third-order valence-corrected chi connectivity index (χ3v) is 1.71. The van der Waals surface area contributed by atoms with Gasteiger partial charge in [-0.05, 0) is 11.6 Å². The van der Waals surface area contributed by atoms with E-state index in [1.807, 2.05) is 0 Å². The van der Waals surface area contributed by atoms with Gasteiger partial charge in [-0.25, -0.2) is 4.39 Å². The van der Waals surface area contributed by atoms with Crippen molar-refractivity contribution >= 4 is 5.57 Å². The third kappa shape index (κ3) is 1.65. The molecule has 0 aromatic heterocycles. The van der Waals surface area contributed by atoms with Crippen LogP contribution in [0.1, 0.15) is 11.1 Å². The number of hydrogen-bond donors (Lipinski definition) is 0. The molecular weight excluding hydrogens is 165 g/mol. The normalized spacial score (nSPS) is 8.92. The molecule has 1 nitrogen and oxygen atoms in total. The quantitative estimate of drug-likeness (QED) is 0.631. The number of benzene rings is 1. The fourth-order valence-electron chi connectivity index (χ4n) is 0.976. The summed E-state index contributed by atoms with van der Waals surface area (Å²) in [6.45, 7) is 7.10. The predicted molar refractivity (Wildman–Crippen MR) is 50.3 cm³/mol. The van der Waals surface area contributed by atoms with Gasteiger partial charge in [0, 0.05) is 5.56 Å². The topological polar surface area (TPSA) is 23.8 Å². The lowest BCUT2D eigenvalue weighted by atomic mass is 10.0. The van der Waals surface area contributed by atoms with Crippen molar-refractivity contribution in [3.8, 4) is 6.07 Å². The Kier molecular flexibility index (Phi) is 2.61. The number of nitriles is 1. The molecule has 1 aromatic carbocycles. The fourth-order valence-corrected chi connectivity index (χ4v) is 0.976. The van der Waals surface area contributed by atoms with Gasteiger partial charge >= 0.3 is 0 Å². The highest BCUT2D eigenvalue weighted by Crippen LogP contribution is 2.19. The highest BCUT2D eigenvalue weighted by molar-refractivity contribution is 5.72. The first-order valence-corrected chi connectivity index (χ1v) is 3.71. The van der Waals surface area contributed by atoms with Crippen LogP contribution in [0.4, 0.5) is 4.39 Å². The summed E-state index contributed by atoms with van der Waals surface area (Å²) in [5, 5.41) is 8.55. The van der Waals surface area contributed by atoms with Crippen molar-refractivity contribution in [3.05, 3.63) is 54.4 Å². The fraction of sp³-hybridized carbons (Fsp3) is 0. The molecule has 0 atom stereocenters. The predicted octanol–water partition coefficient (Wildman–Crippen LogP) is 2.90. The highest BCUT2D eigenvalue weighted by Gasteiger charge is 2.07. The van der Waals surface area contributed by atoms with Crippen LogP contribution in [-0.4, -0.2) is 0 Å². The van der Waals surface area contributed by atoms with Gasteiger partial charge in [0.15, 0.2) is 0 Å². The van der Waals surface area contributed by atoms with E-state index >= 15 is 0 Å². The minimum absolute atomic E-state index is 0.0282. The zero-order valence-corrected chi connectivity index (χ0v) is 7.05. The van der Waals surface area contributed by atoms with Crippen LogP contribution < -0.4 is 0 Å². The summed E-state index contributed by atoms with van der Waals surface area (Å²) >= 11 is 0. The van der Waals surface area contributed by atoms with Crippen molar-refractivity contribution in [2.24, 2.45) is 0 Å². The first-order valence-electron chi connectivity index (χ1n) is 3.71. The van der Waals surface area contributed by atoms with Gasteiger partial charge in [-0.2, -0.15) is 5.26 Å². The lowest BCUT2D eigenvalue weighted by Gasteiger charge is -2.02. The average molecular weight is 173 g/mol. The standard InChI is InChI=1S/C11H8FN/c1-3-8(2)10-6-4-5-9(7-13)11(10)12/h3-6H,1-2H2. The van der Waals surface area contributed by atoms with Crippen molar-refractivity contribution in [2.75, 3.05) is 0 Å². The molecule has 0 N–H and O–H groups in total. The first-order chi connectivity index (χ1) is 6.20. The summed E-state index contributed by atoms with van der Waals surface area (Å²) in [5.41, 5.74) is 0.837. The Morgan fingerprint density at radius 1 is 1.54 bits per heavy atom. The lowest BCUT2D eigenvalue weighted by molar-refractivity contribution is 0.620. The second kappa shape index (κ2) is 3.68. The minimum atomic E-state index is -0.532. The number of nitrogens with zero attached hydrogens (tertiary/aromatic N) is 1. The second-order valence-electron chi connectivity index (χ2n) is 2.51. The Morgan fingerprint density at radius 2 is 2.23 bits per heavy atom. The summed E-state index contributed by atoms with van der Waals surface area (Å²) in [5.74, 6) is -0.532. The number of hydrogen-bond acceptors (Lipinski definition) is 1. The van der Waals surface area contributed by atoms with Gasteiger partial charge < -0.3 is 0 Å². The van der Waals surface area contributed by atoms with E-state index in [1.54, 1.807) is 18.2 Å². The van der Waals surface area contributed by atoms with E-state index in [0.29, 0.717) is 11.1 Å². The van der Waals surface area contributed by atoms with Crippen LogP contribution in [0.15, 0.2) is 37.4 Å². The molecule has 13 heavy (non-hydrogen) atoms. The molecule has 64 valence electrons. The van der Waals surface area contributed by atoms with Crippen LogP contribution in [0.2, 0.25) is 0 Å². The molecule has 0 aliphatic heterocycles. The molecule has 0 fully saturated rings. The Bertz CT molecular complexity index is 399. The zero-order valence-electron chi connectivity index (χ0n) is 7.05. The van der Waals surface area contributed by atoms with Gasteiger partial charge in [-0.1, -0.05) is 31.4 Å². The molecule has 0 saturated carbocycles. The van der Waals surface area contributed by atoms with E-state index < -0.39 is 5.82 Å². The largest absolute Gasteiger partial charge is 0.205 e. The van der Waals surface area contributed by atoms with E-state index in [2.05, 4.69) is 13.2 Å². The molecule has 0 saturated heterocycles. The zero-order chi connectivity index (χ0) is 9.84. The van der Waals surface area contributed by atoms with Gasteiger partial charge in [0.2, 0.25) is 0 Å². The molecule has 2 heteroatoms. The highest BCUT2D eigenvalue weighted by atomic mass is 19.1. The number of halogens is 1. The van der Waals surface area contributed by atoms with Crippen molar-refractivity contribution in [1.29, 1.82) is 5.26 Å². The molecule has 1 rings (SSSR count). The lowest BCUT2D eigenvalue weighted by Crippen LogP contribution is -1.90.